The van der Waals surface area contributed by atoms with E-state index in [1.54, 1.807) is 0 Å². The molecule has 0 unspecified atom stereocenters. The zero-order valence-electron chi connectivity index (χ0n) is 15.3. The third-order valence-electron chi connectivity index (χ3n) is 4.73. The first kappa shape index (κ1) is 19.5. The first-order valence-corrected chi connectivity index (χ1v) is 10.8. The summed E-state index contributed by atoms with van der Waals surface area (Å²) in [6.45, 7) is 1.99. The summed E-state index contributed by atoms with van der Waals surface area (Å²) in [5, 5.41) is 14.6. The van der Waals surface area contributed by atoms with E-state index < -0.39 is 7.29 Å². The first-order chi connectivity index (χ1) is 13.2. The van der Waals surface area contributed by atoms with Crippen LogP contribution in [0.5, 0.6) is 0 Å². The van der Waals surface area contributed by atoms with Crippen LogP contribution in [-0.2, 0) is 4.57 Å². The van der Waals surface area contributed by atoms with E-state index in [-0.39, 0.29) is 12.1 Å². The van der Waals surface area contributed by atoms with Gasteiger partial charge in [-0.25, -0.2) is 5.48 Å². The fourth-order valence-corrected chi connectivity index (χ4v) is 5.73. The second kappa shape index (κ2) is 9.12. The van der Waals surface area contributed by atoms with Crippen LogP contribution in [0.2, 0.25) is 0 Å². The fourth-order valence-electron chi connectivity index (χ4n) is 3.23. The second-order valence-corrected chi connectivity index (χ2v) is 8.95. The highest BCUT2D eigenvalue weighted by Crippen LogP contribution is 2.42. The van der Waals surface area contributed by atoms with E-state index in [0.29, 0.717) is 6.42 Å². The lowest BCUT2D eigenvalue weighted by Crippen LogP contribution is -2.41. The molecule has 0 saturated heterocycles. The van der Waals surface area contributed by atoms with Crippen molar-refractivity contribution >= 4 is 17.9 Å². The van der Waals surface area contributed by atoms with E-state index in [4.69, 9.17) is 0 Å². The summed E-state index contributed by atoms with van der Waals surface area (Å²) in [6.07, 6.45) is 0.673. The van der Waals surface area contributed by atoms with Crippen molar-refractivity contribution in [2.75, 3.05) is 0 Å². The number of hydrogen-bond acceptors (Lipinski definition) is 3. The molecule has 3 aromatic carbocycles. The highest BCUT2D eigenvalue weighted by atomic mass is 31.2. The minimum absolute atomic E-state index is 0.284. The smallest absolute Gasteiger partial charge is 0.205 e. The van der Waals surface area contributed by atoms with Crippen LogP contribution in [0.4, 0.5) is 0 Å². The van der Waals surface area contributed by atoms with Crippen molar-refractivity contribution < 1.29 is 9.77 Å². The zero-order valence-corrected chi connectivity index (χ0v) is 16.2. The molecule has 27 heavy (non-hydrogen) atoms. The Morgan fingerprint density at radius 2 is 1.26 bits per heavy atom. The van der Waals surface area contributed by atoms with Gasteiger partial charge in [-0.1, -0.05) is 73.7 Å². The average Bonchev–Trinajstić information content (AvgIpc) is 2.75. The monoisotopic (exact) mass is 380 g/mol. The Kier molecular flexibility index (Phi) is 6.59. The van der Waals surface area contributed by atoms with E-state index in [9.17, 15) is 9.77 Å². The van der Waals surface area contributed by atoms with Crippen molar-refractivity contribution in [1.82, 2.24) is 10.6 Å². The standard InChI is InChI=1S/C22H25N2O2P/c1-2-21(23-25)22(18-12-6-3-7-13-18)24-27(26,19-14-8-4-9-15-19)20-16-10-5-11-17-20/h3-17,21-23,25H,2H2,1H3,(H,24,26)/t21-,22+/m0/s1. The molecule has 0 heterocycles. The number of nitrogens with one attached hydrogen (secondary N) is 2. The van der Waals surface area contributed by atoms with Crippen LogP contribution < -0.4 is 21.2 Å². The van der Waals surface area contributed by atoms with E-state index in [2.05, 4.69) is 10.6 Å². The largest absolute Gasteiger partial charge is 0.316 e. The Labute approximate surface area is 160 Å². The maximum absolute atomic E-state index is 14.3. The van der Waals surface area contributed by atoms with Crippen molar-refractivity contribution in [2.24, 2.45) is 0 Å². The van der Waals surface area contributed by atoms with Crippen LogP contribution in [0, 0.1) is 0 Å². The molecular formula is C22H25N2O2P. The summed E-state index contributed by atoms with van der Waals surface area (Å²) in [5.74, 6) is 0. The lowest BCUT2D eigenvalue weighted by atomic mass is 9.99. The Morgan fingerprint density at radius 1 is 0.815 bits per heavy atom. The molecule has 0 radical (unpaired) electrons. The molecular weight excluding hydrogens is 355 g/mol. The van der Waals surface area contributed by atoms with Crippen molar-refractivity contribution in [3.8, 4) is 0 Å². The summed E-state index contributed by atoms with van der Waals surface area (Å²) in [7, 11) is -3.13. The van der Waals surface area contributed by atoms with Gasteiger partial charge >= 0.3 is 0 Å². The normalized spacial score (nSPS) is 13.9. The van der Waals surface area contributed by atoms with Gasteiger partial charge in [0.25, 0.3) is 0 Å². The fraction of sp³-hybridized carbons (Fsp3) is 0.182. The number of rotatable bonds is 8. The third kappa shape index (κ3) is 4.37. The predicted molar refractivity (Wildman–Crippen MR) is 111 cm³/mol. The molecule has 0 saturated carbocycles. The molecule has 0 amide bonds. The summed E-state index contributed by atoms with van der Waals surface area (Å²) < 4.78 is 14.3. The second-order valence-electron chi connectivity index (χ2n) is 6.44. The molecule has 0 fully saturated rings. The van der Waals surface area contributed by atoms with Crippen molar-refractivity contribution in [3.63, 3.8) is 0 Å². The molecule has 4 nitrogen and oxygen atoms in total. The first-order valence-electron chi connectivity index (χ1n) is 9.12. The maximum atomic E-state index is 14.3. The molecule has 0 aliphatic heterocycles. The summed E-state index contributed by atoms with van der Waals surface area (Å²) >= 11 is 0. The molecule has 0 aromatic heterocycles. The van der Waals surface area contributed by atoms with Gasteiger partial charge in [-0.2, -0.15) is 0 Å². The van der Waals surface area contributed by atoms with Gasteiger partial charge in [0.15, 0.2) is 0 Å². The summed E-state index contributed by atoms with van der Waals surface area (Å²) in [5.41, 5.74) is 3.36. The highest BCUT2D eigenvalue weighted by Gasteiger charge is 2.33. The number of benzene rings is 3. The average molecular weight is 380 g/mol. The molecule has 0 spiro atoms. The van der Waals surface area contributed by atoms with Crippen LogP contribution >= 0.6 is 7.29 Å². The third-order valence-corrected chi connectivity index (χ3v) is 7.42. The van der Waals surface area contributed by atoms with Crippen molar-refractivity contribution in [2.45, 2.75) is 25.4 Å². The van der Waals surface area contributed by atoms with Crippen LogP contribution in [0.3, 0.4) is 0 Å². The van der Waals surface area contributed by atoms with Gasteiger partial charge in [-0.3, -0.25) is 9.65 Å². The van der Waals surface area contributed by atoms with Crippen molar-refractivity contribution in [1.29, 1.82) is 0 Å². The molecule has 0 bridgehead atoms. The molecule has 0 aliphatic rings. The molecule has 5 heteroatoms. The molecule has 0 aliphatic carbocycles. The van der Waals surface area contributed by atoms with E-state index in [1.807, 2.05) is 97.9 Å². The molecule has 3 rings (SSSR count). The Balaban J connectivity index is 2.10. The summed E-state index contributed by atoms with van der Waals surface area (Å²) in [4.78, 5) is 0. The summed E-state index contributed by atoms with van der Waals surface area (Å²) in [6, 6.07) is 28.1. The lowest BCUT2D eigenvalue weighted by molar-refractivity contribution is 0.108. The minimum atomic E-state index is -3.13. The van der Waals surface area contributed by atoms with Gasteiger partial charge in [0, 0.05) is 10.6 Å². The highest BCUT2D eigenvalue weighted by molar-refractivity contribution is 7.76. The van der Waals surface area contributed by atoms with Gasteiger partial charge < -0.3 is 5.21 Å². The van der Waals surface area contributed by atoms with E-state index in [0.717, 1.165) is 16.2 Å². The topological polar surface area (TPSA) is 61.4 Å². The van der Waals surface area contributed by atoms with E-state index >= 15 is 0 Å². The molecule has 2 atom stereocenters. The maximum Gasteiger partial charge on any atom is 0.205 e. The van der Waals surface area contributed by atoms with Gasteiger partial charge in [0.1, 0.15) is 0 Å². The number of hydrogen-bond donors (Lipinski definition) is 3. The SMILES string of the molecule is CC[C@H](NO)[C@H](NP(=O)(c1ccccc1)c1ccccc1)c1ccccc1. The zero-order chi connectivity index (χ0) is 19.1. The minimum Gasteiger partial charge on any atom is -0.316 e. The Bertz CT molecular complexity index is 825. The van der Waals surface area contributed by atoms with Gasteiger partial charge in [-0.05, 0) is 36.2 Å². The molecule has 3 N–H and O–H groups in total. The van der Waals surface area contributed by atoms with Gasteiger partial charge in [0.05, 0.1) is 12.1 Å². The van der Waals surface area contributed by atoms with Crippen LogP contribution in [0.15, 0.2) is 91.0 Å². The predicted octanol–water partition coefficient (Wildman–Crippen LogP) is 4.00. The van der Waals surface area contributed by atoms with Crippen molar-refractivity contribution in [3.05, 3.63) is 96.6 Å². The van der Waals surface area contributed by atoms with Crippen LogP contribution in [0.1, 0.15) is 24.9 Å². The quantitative estimate of drug-likeness (QED) is 0.408. The van der Waals surface area contributed by atoms with Gasteiger partial charge in [-0.15, -0.1) is 0 Å². The molecule has 3 aromatic rings. The van der Waals surface area contributed by atoms with E-state index in [1.165, 1.54) is 0 Å². The van der Waals surface area contributed by atoms with Gasteiger partial charge in [0.2, 0.25) is 7.29 Å². The van der Waals surface area contributed by atoms with Crippen LogP contribution in [0.25, 0.3) is 0 Å². The molecule has 140 valence electrons. The Morgan fingerprint density at radius 3 is 1.67 bits per heavy atom. The lowest BCUT2D eigenvalue weighted by Gasteiger charge is -2.31. The van der Waals surface area contributed by atoms with Crippen LogP contribution in [-0.4, -0.2) is 11.2 Å². The Hall–Kier alpha value is -2.23. The number of hydroxylamine groups is 1.